The quantitative estimate of drug-likeness (QED) is 0.776. The molecule has 0 spiro atoms. The minimum atomic E-state index is -0.448. The van der Waals surface area contributed by atoms with Gasteiger partial charge < -0.3 is 9.47 Å². The fourth-order valence-electron chi connectivity index (χ4n) is 2.84. The van der Waals surface area contributed by atoms with Crippen molar-refractivity contribution in [2.75, 3.05) is 19.8 Å². The predicted octanol–water partition coefficient (Wildman–Crippen LogP) is 2.58. The molecule has 23 heavy (non-hydrogen) atoms. The number of imide groups is 1. The van der Waals surface area contributed by atoms with Gasteiger partial charge in [-0.15, -0.1) is 0 Å². The van der Waals surface area contributed by atoms with Crippen LogP contribution in [0.3, 0.4) is 0 Å². The third-order valence-corrected chi connectivity index (χ3v) is 4.33. The number of ether oxygens (including phenoxy) is 2. The van der Waals surface area contributed by atoms with Crippen LogP contribution in [0.4, 0.5) is 0 Å². The summed E-state index contributed by atoms with van der Waals surface area (Å²) < 4.78 is 10.9. The molecule has 0 aliphatic carbocycles. The summed E-state index contributed by atoms with van der Waals surface area (Å²) in [6, 6.07) is 7.00. The van der Waals surface area contributed by atoms with Gasteiger partial charge in [0.2, 0.25) is 0 Å². The van der Waals surface area contributed by atoms with E-state index < -0.39 is 5.91 Å². The molecule has 0 N–H and O–H groups in total. The number of hydrogen-bond donors (Lipinski definition) is 0. The molecule has 0 radical (unpaired) electrons. The summed E-state index contributed by atoms with van der Waals surface area (Å²) in [6.45, 7) is 3.40. The Labute approximate surface area is 139 Å². The second-order valence-electron chi connectivity index (χ2n) is 5.50. The van der Waals surface area contributed by atoms with Gasteiger partial charge in [-0.25, -0.2) is 0 Å². The Morgan fingerprint density at radius 3 is 2.61 bits per heavy atom. The van der Waals surface area contributed by atoms with Crippen LogP contribution in [0.5, 0.6) is 5.75 Å². The molecule has 2 heterocycles. The van der Waals surface area contributed by atoms with Gasteiger partial charge in [-0.05, 0) is 37.5 Å². The SMILES string of the molecule is CCOc1ccc(C2=C(Cl)C(=O)N(CC3CCCO3)C2=O)cc1. The normalized spacial score (nSPS) is 21.5. The van der Waals surface area contributed by atoms with Gasteiger partial charge in [0.1, 0.15) is 10.8 Å². The number of carbonyl (C=O) groups excluding carboxylic acids is 2. The van der Waals surface area contributed by atoms with Crippen LogP contribution in [0.15, 0.2) is 29.3 Å². The maximum absolute atomic E-state index is 12.6. The lowest BCUT2D eigenvalue weighted by atomic mass is 10.1. The summed E-state index contributed by atoms with van der Waals surface area (Å²) in [4.78, 5) is 26.1. The Hall–Kier alpha value is -1.85. The highest BCUT2D eigenvalue weighted by Gasteiger charge is 2.39. The average Bonchev–Trinajstić information content (AvgIpc) is 3.13. The molecule has 0 saturated carbocycles. The zero-order valence-electron chi connectivity index (χ0n) is 12.9. The van der Waals surface area contributed by atoms with Gasteiger partial charge in [-0.1, -0.05) is 23.7 Å². The zero-order chi connectivity index (χ0) is 16.4. The van der Waals surface area contributed by atoms with E-state index in [1.165, 1.54) is 4.90 Å². The van der Waals surface area contributed by atoms with Crippen molar-refractivity contribution in [3.63, 3.8) is 0 Å². The van der Waals surface area contributed by atoms with Crippen LogP contribution >= 0.6 is 11.6 Å². The van der Waals surface area contributed by atoms with E-state index in [1.54, 1.807) is 24.3 Å². The highest BCUT2D eigenvalue weighted by atomic mass is 35.5. The molecule has 2 aliphatic heterocycles. The molecule has 1 unspecified atom stereocenters. The Morgan fingerprint density at radius 2 is 2.00 bits per heavy atom. The zero-order valence-corrected chi connectivity index (χ0v) is 13.6. The van der Waals surface area contributed by atoms with Crippen molar-refractivity contribution >= 4 is 29.0 Å². The van der Waals surface area contributed by atoms with Crippen molar-refractivity contribution < 1.29 is 19.1 Å². The number of amides is 2. The van der Waals surface area contributed by atoms with Crippen LogP contribution in [-0.4, -0.2) is 42.6 Å². The number of nitrogens with zero attached hydrogens (tertiary/aromatic N) is 1. The van der Waals surface area contributed by atoms with Gasteiger partial charge in [0.15, 0.2) is 0 Å². The van der Waals surface area contributed by atoms with Crippen LogP contribution in [0.25, 0.3) is 5.57 Å². The first-order valence-electron chi connectivity index (χ1n) is 7.72. The first-order chi connectivity index (χ1) is 11.1. The molecule has 2 amide bonds. The minimum absolute atomic E-state index is 0.0304. The lowest BCUT2D eigenvalue weighted by Gasteiger charge is -2.18. The Bertz CT molecular complexity index is 647. The summed E-state index contributed by atoms with van der Waals surface area (Å²) in [5, 5.41) is -0.0304. The molecule has 1 atom stereocenters. The van der Waals surface area contributed by atoms with Crippen LogP contribution in [-0.2, 0) is 14.3 Å². The average molecular weight is 336 g/mol. The first-order valence-corrected chi connectivity index (χ1v) is 8.10. The molecule has 1 aromatic rings. The molecule has 6 heteroatoms. The Morgan fingerprint density at radius 1 is 1.26 bits per heavy atom. The first kappa shape index (κ1) is 16.0. The van der Waals surface area contributed by atoms with Gasteiger partial charge >= 0.3 is 0 Å². The van der Waals surface area contributed by atoms with Crippen molar-refractivity contribution in [2.45, 2.75) is 25.9 Å². The molecule has 1 aromatic carbocycles. The van der Waals surface area contributed by atoms with Crippen molar-refractivity contribution in [3.05, 3.63) is 34.9 Å². The smallest absolute Gasteiger partial charge is 0.273 e. The molecular formula is C17H18ClNO4. The molecule has 1 fully saturated rings. The lowest BCUT2D eigenvalue weighted by Crippen LogP contribution is -2.37. The lowest BCUT2D eigenvalue weighted by molar-refractivity contribution is -0.138. The molecule has 2 aliphatic rings. The van der Waals surface area contributed by atoms with Crippen molar-refractivity contribution in [2.24, 2.45) is 0 Å². The van der Waals surface area contributed by atoms with E-state index in [4.69, 9.17) is 21.1 Å². The third kappa shape index (κ3) is 3.12. The second kappa shape index (κ2) is 6.72. The van der Waals surface area contributed by atoms with Gasteiger partial charge in [0.05, 0.1) is 24.8 Å². The largest absolute Gasteiger partial charge is 0.494 e. The molecule has 5 nitrogen and oxygen atoms in total. The minimum Gasteiger partial charge on any atom is -0.494 e. The van der Waals surface area contributed by atoms with Crippen molar-refractivity contribution in [1.82, 2.24) is 4.90 Å². The van der Waals surface area contributed by atoms with Crippen molar-refractivity contribution in [1.29, 1.82) is 0 Å². The fourth-order valence-corrected chi connectivity index (χ4v) is 3.13. The standard InChI is InChI=1S/C17H18ClNO4/c1-2-22-12-7-5-11(6-8-12)14-15(18)17(21)19(16(14)20)10-13-4-3-9-23-13/h5-8,13H,2-4,9-10H2,1H3. The summed E-state index contributed by atoms with van der Waals surface area (Å²) in [7, 11) is 0. The summed E-state index contributed by atoms with van der Waals surface area (Å²) in [5.41, 5.74) is 0.865. The molecule has 122 valence electrons. The Balaban J connectivity index is 1.80. The topological polar surface area (TPSA) is 55.8 Å². The monoisotopic (exact) mass is 335 g/mol. The molecule has 1 saturated heterocycles. The van der Waals surface area contributed by atoms with Crippen LogP contribution in [0.1, 0.15) is 25.3 Å². The van der Waals surface area contributed by atoms with Crippen LogP contribution < -0.4 is 4.74 Å². The van der Waals surface area contributed by atoms with E-state index in [0.29, 0.717) is 24.5 Å². The number of benzene rings is 1. The second-order valence-corrected chi connectivity index (χ2v) is 5.88. The van der Waals surface area contributed by atoms with E-state index in [0.717, 1.165) is 12.8 Å². The van der Waals surface area contributed by atoms with Crippen LogP contribution in [0.2, 0.25) is 0 Å². The fraction of sp³-hybridized carbons (Fsp3) is 0.412. The number of carbonyl (C=O) groups is 2. The van der Waals surface area contributed by atoms with E-state index in [-0.39, 0.29) is 29.2 Å². The van der Waals surface area contributed by atoms with Gasteiger partial charge in [-0.2, -0.15) is 0 Å². The molecule has 3 rings (SSSR count). The van der Waals surface area contributed by atoms with E-state index in [9.17, 15) is 9.59 Å². The number of hydrogen-bond acceptors (Lipinski definition) is 4. The number of halogens is 1. The summed E-state index contributed by atoms with van der Waals surface area (Å²) in [5.74, 6) is -0.100. The maximum atomic E-state index is 12.6. The molecule has 0 aromatic heterocycles. The summed E-state index contributed by atoms with van der Waals surface area (Å²) in [6.07, 6.45) is 1.72. The van der Waals surface area contributed by atoms with Crippen LogP contribution in [0, 0.1) is 0 Å². The van der Waals surface area contributed by atoms with E-state index in [2.05, 4.69) is 0 Å². The van der Waals surface area contributed by atoms with Gasteiger partial charge in [0.25, 0.3) is 11.8 Å². The van der Waals surface area contributed by atoms with Gasteiger partial charge in [0, 0.05) is 6.61 Å². The van der Waals surface area contributed by atoms with E-state index >= 15 is 0 Å². The predicted molar refractivity (Wildman–Crippen MR) is 86.1 cm³/mol. The van der Waals surface area contributed by atoms with E-state index in [1.807, 2.05) is 6.92 Å². The van der Waals surface area contributed by atoms with Gasteiger partial charge in [-0.3, -0.25) is 14.5 Å². The molecule has 0 bridgehead atoms. The molecular weight excluding hydrogens is 318 g/mol. The summed E-state index contributed by atoms with van der Waals surface area (Å²) >= 11 is 6.13. The van der Waals surface area contributed by atoms with Crippen molar-refractivity contribution in [3.8, 4) is 5.75 Å². The maximum Gasteiger partial charge on any atom is 0.273 e. The Kier molecular flexibility index (Phi) is 4.68. The third-order valence-electron chi connectivity index (χ3n) is 3.98. The number of rotatable bonds is 5. The highest BCUT2D eigenvalue weighted by Crippen LogP contribution is 2.33. The highest BCUT2D eigenvalue weighted by molar-refractivity contribution is 6.55.